The van der Waals surface area contributed by atoms with Gasteiger partial charge in [0.05, 0.1) is 5.56 Å². The summed E-state index contributed by atoms with van der Waals surface area (Å²) in [5, 5.41) is 13.3. The van der Waals surface area contributed by atoms with Crippen LogP contribution in [0.2, 0.25) is 0 Å². The third kappa shape index (κ3) is 2.27. The van der Waals surface area contributed by atoms with Crippen LogP contribution in [0, 0.1) is 0 Å². The average Bonchev–Trinajstić information content (AvgIpc) is 3.02. The molecule has 1 aliphatic heterocycles. The van der Waals surface area contributed by atoms with Crippen molar-refractivity contribution in [1.29, 1.82) is 0 Å². The molecule has 104 valence electrons. The van der Waals surface area contributed by atoms with Crippen LogP contribution in [0.4, 0.5) is 5.69 Å². The first-order valence-electron chi connectivity index (χ1n) is 6.73. The molecule has 20 heavy (non-hydrogen) atoms. The fraction of sp³-hybridized carbons (Fsp3) is 0.333. The number of carbonyl (C=O) groups is 1. The van der Waals surface area contributed by atoms with E-state index in [9.17, 15) is 4.79 Å². The summed E-state index contributed by atoms with van der Waals surface area (Å²) < 4.78 is 1.88. The van der Waals surface area contributed by atoms with Crippen molar-refractivity contribution in [2.75, 3.05) is 18.0 Å². The van der Waals surface area contributed by atoms with Gasteiger partial charge in [-0.05, 0) is 30.2 Å². The quantitative estimate of drug-likeness (QED) is 0.920. The first-order valence-corrected chi connectivity index (χ1v) is 6.73. The maximum absolute atomic E-state index is 11.1. The molecular formula is C15H17N3O2. The Hall–Kier alpha value is -2.30. The summed E-state index contributed by atoms with van der Waals surface area (Å²) in [7, 11) is 1.94. The Morgan fingerprint density at radius 2 is 2.25 bits per heavy atom. The highest BCUT2D eigenvalue weighted by Crippen LogP contribution is 2.29. The van der Waals surface area contributed by atoms with Crippen LogP contribution in [0.3, 0.4) is 0 Å². The number of aryl methyl sites for hydroxylation is 1. The fourth-order valence-corrected chi connectivity index (χ4v) is 2.71. The highest BCUT2D eigenvalue weighted by Gasteiger charge is 2.20. The maximum atomic E-state index is 11.1. The molecule has 0 unspecified atom stereocenters. The Labute approximate surface area is 117 Å². The van der Waals surface area contributed by atoms with Crippen LogP contribution in [0.25, 0.3) is 0 Å². The Morgan fingerprint density at radius 1 is 1.40 bits per heavy atom. The molecule has 0 fully saturated rings. The van der Waals surface area contributed by atoms with Gasteiger partial charge in [-0.1, -0.05) is 6.07 Å². The van der Waals surface area contributed by atoms with E-state index in [1.165, 1.54) is 11.3 Å². The lowest BCUT2D eigenvalue weighted by Gasteiger charge is -2.19. The number of carboxylic acid groups (broad SMARTS) is 1. The van der Waals surface area contributed by atoms with E-state index < -0.39 is 5.97 Å². The highest BCUT2D eigenvalue weighted by atomic mass is 16.4. The largest absolute Gasteiger partial charge is 0.478 e. The molecule has 5 nitrogen and oxygen atoms in total. The second-order valence-electron chi connectivity index (χ2n) is 5.08. The maximum Gasteiger partial charge on any atom is 0.335 e. The number of hydrogen-bond donors (Lipinski definition) is 1. The van der Waals surface area contributed by atoms with E-state index >= 15 is 0 Å². The third-order valence-corrected chi connectivity index (χ3v) is 3.88. The predicted molar refractivity (Wildman–Crippen MR) is 76.2 cm³/mol. The van der Waals surface area contributed by atoms with Gasteiger partial charge in [0, 0.05) is 44.1 Å². The van der Waals surface area contributed by atoms with E-state index in [4.69, 9.17) is 5.11 Å². The van der Waals surface area contributed by atoms with Gasteiger partial charge in [0.2, 0.25) is 0 Å². The molecule has 0 aliphatic carbocycles. The molecule has 1 aromatic carbocycles. The number of rotatable bonds is 4. The Balaban J connectivity index is 1.76. The van der Waals surface area contributed by atoms with Crippen LogP contribution in [0.5, 0.6) is 0 Å². The number of hydrogen-bond acceptors (Lipinski definition) is 3. The molecule has 2 heterocycles. The van der Waals surface area contributed by atoms with Crippen LogP contribution in [0.1, 0.15) is 21.6 Å². The number of anilines is 1. The van der Waals surface area contributed by atoms with E-state index in [1.54, 1.807) is 18.3 Å². The van der Waals surface area contributed by atoms with Crippen molar-refractivity contribution < 1.29 is 9.90 Å². The lowest BCUT2D eigenvalue weighted by Crippen LogP contribution is -2.24. The average molecular weight is 271 g/mol. The Kier molecular flexibility index (Phi) is 3.18. The number of nitrogens with zero attached hydrogens (tertiary/aromatic N) is 3. The molecule has 1 aliphatic rings. The zero-order valence-corrected chi connectivity index (χ0v) is 11.4. The van der Waals surface area contributed by atoms with Crippen LogP contribution >= 0.6 is 0 Å². The molecule has 2 aromatic rings. The summed E-state index contributed by atoms with van der Waals surface area (Å²) in [6, 6.07) is 7.42. The number of benzene rings is 1. The van der Waals surface area contributed by atoms with Crippen LogP contribution in [-0.4, -0.2) is 33.9 Å². The van der Waals surface area contributed by atoms with Gasteiger partial charge < -0.3 is 10.0 Å². The van der Waals surface area contributed by atoms with Crippen molar-refractivity contribution in [1.82, 2.24) is 9.78 Å². The van der Waals surface area contributed by atoms with Crippen molar-refractivity contribution in [2.24, 2.45) is 7.05 Å². The molecular weight excluding hydrogens is 254 g/mol. The van der Waals surface area contributed by atoms with Crippen molar-refractivity contribution in [3.05, 3.63) is 47.3 Å². The molecule has 0 saturated heterocycles. The lowest BCUT2D eigenvalue weighted by molar-refractivity contribution is 0.0697. The van der Waals surface area contributed by atoms with E-state index in [1.807, 2.05) is 23.9 Å². The second-order valence-corrected chi connectivity index (χ2v) is 5.08. The Bertz CT molecular complexity index is 648. The van der Waals surface area contributed by atoms with Gasteiger partial charge in [0.1, 0.15) is 0 Å². The molecule has 1 N–H and O–H groups in total. The van der Waals surface area contributed by atoms with E-state index in [2.05, 4.69) is 10.00 Å². The summed E-state index contributed by atoms with van der Waals surface area (Å²) in [6.07, 6.45) is 3.70. The summed E-state index contributed by atoms with van der Waals surface area (Å²) in [5.74, 6) is -0.869. The summed E-state index contributed by atoms with van der Waals surface area (Å²) in [5.41, 5.74) is 3.84. The topological polar surface area (TPSA) is 58.4 Å². The third-order valence-electron chi connectivity index (χ3n) is 3.88. The van der Waals surface area contributed by atoms with Gasteiger partial charge in [0.25, 0.3) is 0 Å². The predicted octanol–water partition coefficient (Wildman–Crippen LogP) is 1.72. The van der Waals surface area contributed by atoms with E-state index in [-0.39, 0.29) is 0 Å². The van der Waals surface area contributed by atoms with Gasteiger partial charge in [-0.25, -0.2) is 4.79 Å². The van der Waals surface area contributed by atoms with Crippen molar-refractivity contribution >= 4 is 11.7 Å². The lowest BCUT2D eigenvalue weighted by atomic mass is 10.1. The van der Waals surface area contributed by atoms with Crippen molar-refractivity contribution in [3.8, 4) is 0 Å². The monoisotopic (exact) mass is 271 g/mol. The molecule has 0 spiro atoms. The number of aromatic carboxylic acids is 1. The number of fused-ring (bicyclic) bond motifs is 1. The van der Waals surface area contributed by atoms with Gasteiger partial charge >= 0.3 is 5.97 Å². The molecule has 0 bridgehead atoms. The Morgan fingerprint density at radius 3 is 2.95 bits per heavy atom. The molecule has 3 rings (SSSR count). The van der Waals surface area contributed by atoms with E-state index in [0.717, 1.165) is 31.6 Å². The van der Waals surface area contributed by atoms with Crippen LogP contribution in [0.15, 0.2) is 30.5 Å². The van der Waals surface area contributed by atoms with Crippen LogP contribution < -0.4 is 4.90 Å². The highest BCUT2D eigenvalue weighted by molar-refractivity contribution is 5.89. The van der Waals surface area contributed by atoms with Gasteiger partial charge in [0.15, 0.2) is 0 Å². The van der Waals surface area contributed by atoms with Crippen molar-refractivity contribution in [3.63, 3.8) is 0 Å². The molecule has 0 radical (unpaired) electrons. The minimum atomic E-state index is -0.869. The molecule has 0 atom stereocenters. The molecule has 5 heteroatoms. The summed E-state index contributed by atoms with van der Waals surface area (Å²) >= 11 is 0. The minimum Gasteiger partial charge on any atom is -0.478 e. The van der Waals surface area contributed by atoms with Gasteiger partial charge in [-0.3, -0.25) is 4.68 Å². The van der Waals surface area contributed by atoms with Gasteiger partial charge in [-0.15, -0.1) is 0 Å². The van der Waals surface area contributed by atoms with Crippen molar-refractivity contribution in [2.45, 2.75) is 12.8 Å². The van der Waals surface area contributed by atoms with Crippen LogP contribution in [-0.2, 0) is 19.9 Å². The zero-order valence-electron chi connectivity index (χ0n) is 11.4. The SMILES string of the molecule is Cn1nccc1CCN1CCc2ccc(C(=O)O)cc21. The first kappa shape index (κ1) is 12.7. The summed E-state index contributed by atoms with van der Waals surface area (Å²) in [4.78, 5) is 13.3. The molecule has 0 saturated carbocycles. The van der Waals surface area contributed by atoms with E-state index in [0.29, 0.717) is 5.56 Å². The fourth-order valence-electron chi connectivity index (χ4n) is 2.71. The first-order chi connectivity index (χ1) is 9.65. The smallest absolute Gasteiger partial charge is 0.335 e. The standard InChI is InChI=1S/C15H17N3O2/c1-17-13(4-7-16-17)6-9-18-8-5-11-2-3-12(15(19)20)10-14(11)18/h2-4,7,10H,5-6,8-9H2,1H3,(H,19,20). The van der Waals surface area contributed by atoms with Gasteiger partial charge in [-0.2, -0.15) is 5.10 Å². The second kappa shape index (κ2) is 5.00. The molecule has 1 aromatic heterocycles. The number of carboxylic acids is 1. The summed E-state index contributed by atoms with van der Waals surface area (Å²) in [6.45, 7) is 1.84. The normalized spacial score (nSPS) is 13.6. The number of aromatic nitrogens is 2. The zero-order chi connectivity index (χ0) is 14.1. The minimum absolute atomic E-state index is 0.358. The molecule has 0 amide bonds.